The number of hydrogen-bond donors (Lipinski definition) is 0. The van der Waals surface area contributed by atoms with Gasteiger partial charge in [0.15, 0.2) is 0 Å². The maximum Gasteiger partial charge on any atom is 0.305 e. The Morgan fingerprint density at radius 2 is 2.10 bits per heavy atom. The monoisotopic (exact) mass is 367 g/mol. The minimum absolute atomic E-state index is 0.0144. The zero-order valence-electron chi connectivity index (χ0n) is 11.1. The molecule has 0 spiro atoms. The lowest BCUT2D eigenvalue weighted by Crippen LogP contribution is -2.28. The predicted octanol–water partition coefficient (Wildman–Crippen LogP) is 2.16. The van der Waals surface area contributed by atoms with E-state index in [1.54, 1.807) is 0 Å². The van der Waals surface area contributed by atoms with Gasteiger partial charge >= 0.3 is 5.97 Å². The second-order valence-electron chi connectivity index (χ2n) is 4.08. The van der Waals surface area contributed by atoms with Crippen molar-refractivity contribution in [3.8, 4) is 0 Å². The van der Waals surface area contributed by atoms with E-state index >= 15 is 0 Å². The summed E-state index contributed by atoms with van der Waals surface area (Å²) in [5, 5.41) is 0. The van der Waals surface area contributed by atoms with Crippen LogP contribution in [0.3, 0.4) is 0 Å². The SMILES string of the molecule is COC(=O)CCCN(C)S(=O)(=O)c1ccc(F)cc1Br. The van der Waals surface area contributed by atoms with Gasteiger partial charge in [-0.3, -0.25) is 4.79 Å². The lowest BCUT2D eigenvalue weighted by atomic mass is 10.3. The van der Waals surface area contributed by atoms with Crippen LogP contribution in [-0.4, -0.2) is 39.4 Å². The molecule has 8 heteroatoms. The average Bonchev–Trinajstić information content (AvgIpc) is 2.37. The largest absolute Gasteiger partial charge is 0.469 e. The molecule has 0 radical (unpaired) electrons. The Hall–Kier alpha value is -0.990. The molecule has 0 aliphatic heterocycles. The Morgan fingerprint density at radius 3 is 2.65 bits per heavy atom. The van der Waals surface area contributed by atoms with Crippen molar-refractivity contribution in [1.82, 2.24) is 4.31 Å². The Kier molecular flexibility index (Phi) is 6.09. The van der Waals surface area contributed by atoms with Crippen molar-refractivity contribution < 1.29 is 22.3 Å². The second-order valence-corrected chi connectivity index (χ2v) is 6.95. The molecular weight excluding hydrogens is 353 g/mol. The highest BCUT2D eigenvalue weighted by Gasteiger charge is 2.23. The summed E-state index contributed by atoms with van der Waals surface area (Å²) in [4.78, 5) is 11.0. The Morgan fingerprint density at radius 1 is 1.45 bits per heavy atom. The van der Waals surface area contributed by atoms with Crippen LogP contribution in [0.2, 0.25) is 0 Å². The number of methoxy groups -OCH3 is 1. The number of nitrogens with zero attached hydrogens (tertiary/aromatic N) is 1. The molecule has 5 nitrogen and oxygen atoms in total. The van der Waals surface area contributed by atoms with E-state index in [0.29, 0.717) is 6.42 Å². The molecule has 0 aliphatic carbocycles. The molecule has 0 aliphatic rings. The molecule has 0 atom stereocenters. The first kappa shape index (κ1) is 17.1. The zero-order valence-corrected chi connectivity index (χ0v) is 13.5. The first-order valence-corrected chi connectivity index (χ1v) is 8.00. The zero-order chi connectivity index (χ0) is 15.3. The van der Waals surface area contributed by atoms with Gasteiger partial charge in [-0.25, -0.2) is 17.1 Å². The van der Waals surface area contributed by atoms with Crippen LogP contribution in [0.25, 0.3) is 0 Å². The number of carbonyl (C=O) groups excluding carboxylic acids is 1. The highest BCUT2D eigenvalue weighted by atomic mass is 79.9. The van der Waals surface area contributed by atoms with E-state index in [0.717, 1.165) is 16.4 Å². The maximum atomic E-state index is 13.0. The van der Waals surface area contributed by atoms with Gasteiger partial charge in [-0.2, -0.15) is 0 Å². The van der Waals surface area contributed by atoms with Crippen molar-refractivity contribution >= 4 is 31.9 Å². The van der Waals surface area contributed by atoms with Gasteiger partial charge in [0.2, 0.25) is 10.0 Å². The third-order valence-corrected chi connectivity index (χ3v) is 5.50. The van der Waals surface area contributed by atoms with Gasteiger partial charge in [0.1, 0.15) is 5.82 Å². The van der Waals surface area contributed by atoms with E-state index < -0.39 is 21.8 Å². The summed E-state index contributed by atoms with van der Waals surface area (Å²) in [7, 11) is -1.04. The summed E-state index contributed by atoms with van der Waals surface area (Å²) >= 11 is 3.03. The van der Waals surface area contributed by atoms with E-state index in [1.807, 2.05) is 0 Å². The highest BCUT2D eigenvalue weighted by molar-refractivity contribution is 9.10. The number of hydrogen-bond acceptors (Lipinski definition) is 4. The summed E-state index contributed by atoms with van der Waals surface area (Å²) in [5.41, 5.74) is 0. The summed E-state index contributed by atoms with van der Waals surface area (Å²) in [5.74, 6) is -0.914. The molecule has 0 fully saturated rings. The molecule has 20 heavy (non-hydrogen) atoms. The third-order valence-electron chi connectivity index (χ3n) is 2.66. The molecule has 1 aromatic rings. The minimum Gasteiger partial charge on any atom is -0.469 e. The number of esters is 1. The molecule has 0 aromatic heterocycles. The molecule has 0 bridgehead atoms. The molecule has 0 saturated heterocycles. The number of ether oxygens (including phenoxy) is 1. The standard InChI is InChI=1S/C12H15BrFNO4S/c1-15(7-3-4-12(16)19-2)20(17,18)11-6-5-9(14)8-10(11)13/h5-6,8H,3-4,7H2,1-2H3. The summed E-state index contributed by atoms with van der Waals surface area (Å²) < 4.78 is 43.3. The van der Waals surface area contributed by atoms with Gasteiger partial charge in [0, 0.05) is 24.5 Å². The Bertz CT molecular complexity index is 591. The van der Waals surface area contributed by atoms with Gasteiger partial charge in [-0.15, -0.1) is 0 Å². The molecule has 0 unspecified atom stereocenters. The minimum atomic E-state index is -3.72. The van der Waals surface area contributed by atoms with Crippen molar-refractivity contribution in [3.05, 3.63) is 28.5 Å². The van der Waals surface area contributed by atoms with Gasteiger partial charge in [-0.05, 0) is 40.5 Å². The first-order valence-electron chi connectivity index (χ1n) is 5.77. The van der Waals surface area contributed by atoms with E-state index in [4.69, 9.17) is 0 Å². The lowest BCUT2D eigenvalue weighted by Gasteiger charge is -2.17. The van der Waals surface area contributed by atoms with Crippen LogP contribution in [0.5, 0.6) is 0 Å². The molecule has 1 rings (SSSR count). The summed E-state index contributed by atoms with van der Waals surface area (Å²) in [6, 6.07) is 3.38. The number of rotatable bonds is 6. The van der Waals surface area contributed by atoms with Gasteiger partial charge < -0.3 is 4.74 Å². The van der Waals surface area contributed by atoms with Crippen LogP contribution in [0.4, 0.5) is 4.39 Å². The Balaban J connectivity index is 2.79. The average molecular weight is 368 g/mol. The van der Waals surface area contributed by atoms with Crippen molar-refractivity contribution in [2.75, 3.05) is 20.7 Å². The van der Waals surface area contributed by atoms with E-state index in [9.17, 15) is 17.6 Å². The smallest absolute Gasteiger partial charge is 0.305 e. The first-order chi connectivity index (χ1) is 9.28. The van der Waals surface area contributed by atoms with Crippen LogP contribution in [0.15, 0.2) is 27.6 Å². The fourth-order valence-electron chi connectivity index (χ4n) is 1.52. The van der Waals surface area contributed by atoms with Crippen molar-refractivity contribution in [2.45, 2.75) is 17.7 Å². The van der Waals surface area contributed by atoms with Crippen LogP contribution in [0, 0.1) is 5.82 Å². The van der Waals surface area contributed by atoms with E-state index in [2.05, 4.69) is 20.7 Å². The molecule has 0 heterocycles. The van der Waals surface area contributed by atoms with Gasteiger partial charge in [0.25, 0.3) is 0 Å². The third kappa shape index (κ3) is 4.26. The van der Waals surface area contributed by atoms with Crippen LogP contribution in [0.1, 0.15) is 12.8 Å². The maximum absolute atomic E-state index is 13.0. The predicted molar refractivity (Wildman–Crippen MR) is 75.2 cm³/mol. The van der Waals surface area contributed by atoms with Gasteiger partial charge in [-0.1, -0.05) is 0 Å². The van der Waals surface area contributed by atoms with Crippen LogP contribution in [-0.2, 0) is 19.6 Å². The fraction of sp³-hybridized carbons (Fsp3) is 0.417. The molecule has 0 saturated carbocycles. The molecule has 0 N–H and O–H groups in total. The van der Waals surface area contributed by atoms with E-state index in [1.165, 1.54) is 20.2 Å². The van der Waals surface area contributed by atoms with Crippen molar-refractivity contribution in [1.29, 1.82) is 0 Å². The number of halogens is 2. The molecular formula is C12H15BrFNO4S. The molecule has 112 valence electrons. The quantitative estimate of drug-likeness (QED) is 0.722. The normalized spacial score (nSPS) is 11.7. The summed E-state index contributed by atoms with van der Waals surface area (Å²) in [6.07, 6.45) is 0.488. The van der Waals surface area contributed by atoms with Crippen LogP contribution >= 0.6 is 15.9 Å². The van der Waals surface area contributed by atoms with Crippen LogP contribution < -0.4 is 0 Å². The summed E-state index contributed by atoms with van der Waals surface area (Å²) in [6.45, 7) is 0.168. The lowest BCUT2D eigenvalue weighted by molar-refractivity contribution is -0.140. The topological polar surface area (TPSA) is 63.7 Å². The van der Waals surface area contributed by atoms with Crippen molar-refractivity contribution in [2.24, 2.45) is 0 Å². The Labute approximate surface area is 125 Å². The molecule has 1 aromatic carbocycles. The number of carbonyl (C=O) groups is 1. The van der Waals surface area contributed by atoms with E-state index in [-0.39, 0.29) is 22.3 Å². The van der Waals surface area contributed by atoms with Gasteiger partial charge in [0.05, 0.1) is 12.0 Å². The second kappa shape index (κ2) is 7.14. The van der Waals surface area contributed by atoms with Crippen molar-refractivity contribution in [3.63, 3.8) is 0 Å². The fourth-order valence-corrected chi connectivity index (χ4v) is 3.74. The number of benzene rings is 1. The number of sulfonamides is 1. The highest BCUT2D eigenvalue weighted by Crippen LogP contribution is 2.25. The molecule has 0 amide bonds.